The van der Waals surface area contributed by atoms with Crippen LogP contribution in [0.3, 0.4) is 0 Å². The van der Waals surface area contributed by atoms with Gasteiger partial charge in [0.15, 0.2) is 0 Å². The molecule has 0 fully saturated rings. The molecular formula is C12H17N5O2S. The van der Waals surface area contributed by atoms with E-state index in [9.17, 15) is 8.42 Å². The number of nitrogen functional groups attached to an aromatic ring is 1. The monoisotopic (exact) mass is 295 g/mol. The minimum Gasteiger partial charge on any atom is -0.398 e. The van der Waals surface area contributed by atoms with Gasteiger partial charge in [0.1, 0.15) is 17.0 Å². The summed E-state index contributed by atoms with van der Waals surface area (Å²) >= 11 is 0. The van der Waals surface area contributed by atoms with E-state index in [4.69, 9.17) is 5.73 Å². The second kappa shape index (κ2) is 5.59. The number of hydrogen-bond donors (Lipinski definition) is 3. The second-order valence-corrected chi connectivity index (χ2v) is 6.29. The maximum atomic E-state index is 12.2. The first kappa shape index (κ1) is 14.5. The highest BCUT2D eigenvalue weighted by Gasteiger charge is 2.18. The van der Waals surface area contributed by atoms with Gasteiger partial charge in [-0.15, -0.1) is 0 Å². The van der Waals surface area contributed by atoms with Crippen molar-refractivity contribution < 1.29 is 8.42 Å². The van der Waals surface area contributed by atoms with Crippen molar-refractivity contribution in [2.24, 2.45) is 0 Å². The minimum atomic E-state index is -3.62. The zero-order valence-electron chi connectivity index (χ0n) is 11.3. The Balaban J connectivity index is 2.12. The Morgan fingerprint density at radius 3 is 2.65 bits per heavy atom. The molecule has 0 saturated carbocycles. The van der Waals surface area contributed by atoms with Crippen LogP contribution in [0.5, 0.6) is 0 Å². The van der Waals surface area contributed by atoms with Crippen LogP contribution >= 0.6 is 0 Å². The summed E-state index contributed by atoms with van der Waals surface area (Å²) in [5.41, 5.74) is 7.89. The number of anilines is 1. The first-order valence-corrected chi connectivity index (χ1v) is 7.59. The van der Waals surface area contributed by atoms with Crippen LogP contribution in [0.4, 0.5) is 5.69 Å². The van der Waals surface area contributed by atoms with E-state index in [0.29, 0.717) is 12.2 Å². The molecule has 2 aromatic rings. The molecule has 0 radical (unpaired) electrons. The molecule has 4 N–H and O–H groups in total. The maximum absolute atomic E-state index is 12.2. The number of H-pyrrole nitrogens is 1. The zero-order chi connectivity index (χ0) is 14.8. The van der Waals surface area contributed by atoms with Crippen LogP contribution in [0.15, 0.2) is 23.4 Å². The molecule has 7 nitrogen and oxygen atoms in total. The average molecular weight is 295 g/mol. The van der Waals surface area contributed by atoms with Gasteiger partial charge in [-0.25, -0.2) is 18.1 Å². The number of nitrogens with two attached hydrogens (primary N) is 1. The highest BCUT2D eigenvalue weighted by atomic mass is 32.2. The lowest BCUT2D eigenvalue weighted by Crippen LogP contribution is -2.27. The Bertz CT molecular complexity index is 695. The van der Waals surface area contributed by atoms with Crippen molar-refractivity contribution >= 4 is 15.7 Å². The van der Waals surface area contributed by atoms with Crippen molar-refractivity contribution in [1.29, 1.82) is 0 Å². The summed E-state index contributed by atoms with van der Waals surface area (Å²) in [6.07, 6.45) is 1.81. The Kier molecular flexibility index (Phi) is 4.05. The van der Waals surface area contributed by atoms with E-state index in [-0.39, 0.29) is 17.1 Å². The first-order valence-electron chi connectivity index (χ1n) is 6.11. The van der Waals surface area contributed by atoms with Gasteiger partial charge in [0.05, 0.1) is 5.69 Å². The standard InChI is InChI=1S/C12H17N5O2S/c1-8-5-10(13)11(6-9(8)2)20(18,19)16-4-3-12-14-7-15-17-12/h5-7,16H,3-4,13H2,1-2H3,(H,14,15,17). The van der Waals surface area contributed by atoms with Crippen LogP contribution in [0.1, 0.15) is 17.0 Å². The molecule has 0 spiro atoms. The van der Waals surface area contributed by atoms with E-state index in [1.807, 2.05) is 13.8 Å². The zero-order valence-corrected chi connectivity index (χ0v) is 12.2. The number of aromatic nitrogens is 3. The smallest absolute Gasteiger partial charge is 0.242 e. The number of benzene rings is 1. The third-order valence-corrected chi connectivity index (χ3v) is 4.55. The van der Waals surface area contributed by atoms with Gasteiger partial charge in [0, 0.05) is 13.0 Å². The second-order valence-electron chi connectivity index (χ2n) is 4.55. The van der Waals surface area contributed by atoms with Gasteiger partial charge in [-0.1, -0.05) is 0 Å². The van der Waals surface area contributed by atoms with E-state index in [1.54, 1.807) is 12.1 Å². The van der Waals surface area contributed by atoms with Gasteiger partial charge in [-0.05, 0) is 37.1 Å². The summed E-state index contributed by atoms with van der Waals surface area (Å²) in [6.45, 7) is 3.96. The van der Waals surface area contributed by atoms with Crippen molar-refractivity contribution in [3.8, 4) is 0 Å². The van der Waals surface area contributed by atoms with E-state index >= 15 is 0 Å². The molecule has 0 unspecified atom stereocenters. The maximum Gasteiger partial charge on any atom is 0.242 e. The fourth-order valence-electron chi connectivity index (χ4n) is 1.78. The Hall–Kier alpha value is -1.93. The Morgan fingerprint density at radius 1 is 1.30 bits per heavy atom. The molecule has 8 heteroatoms. The van der Waals surface area contributed by atoms with Crippen LogP contribution in [0.25, 0.3) is 0 Å². The van der Waals surface area contributed by atoms with Crippen LogP contribution in [0, 0.1) is 13.8 Å². The van der Waals surface area contributed by atoms with Gasteiger partial charge in [0.2, 0.25) is 10.0 Å². The Labute approximate surface area is 117 Å². The van der Waals surface area contributed by atoms with Gasteiger partial charge < -0.3 is 5.73 Å². The molecule has 20 heavy (non-hydrogen) atoms. The molecule has 0 aliphatic heterocycles. The number of hydrogen-bond acceptors (Lipinski definition) is 5. The number of aryl methyl sites for hydroxylation is 2. The molecular weight excluding hydrogens is 278 g/mol. The normalized spacial score (nSPS) is 11.7. The third-order valence-electron chi connectivity index (χ3n) is 3.03. The fourth-order valence-corrected chi connectivity index (χ4v) is 3.01. The first-order chi connectivity index (χ1) is 9.40. The quantitative estimate of drug-likeness (QED) is 0.696. The predicted molar refractivity (Wildman–Crippen MR) is 75.6 cm³/mol. The molecule has 108 valence electrons. The number of rotatable bonds is 5. The molecule has 0 aliphatic rings. The van der Waals surface area contributed by atoms with E-state index in [0.717, 1.165) is 11.1 Å². The molecule has 0 saturated heterocycles. The summed E-state index contributed by atoms with van der Waals surface area (Å²) in [4.78, 5) is 4.04. The minimum absolute atomic E-state index is 0.109. The number of nitrogens with one attached hydrogen (secondary N) is 2. The molecule has 0 amide bonds. The summed E-state index contributed by atoms with van der Waals surface area (Å²) in [7, 11) is -3.62. The van der Waals surface area contributed by atoms with Gasteiger partial charge in [-0.2, -0.15) is 5.10 Å². The van der Waals surface area contributed by atoms with Crippen molar-refractivity contribution in [2.45, 2.75) is 25.2 Å². The van der Waals surface area contributed by atoms with Crippen LogP contribution in [-0.2, 0) is 16.4 Å². The summed E-state index contributed by atoms with van der Waals surface area (Å²) in [6, 6.07) is 3.25. The fraction of sp³-hybridized carbons (Fsp3) is 0.333. The molecule has 0 atom stereocenters. The van der Waals surface area contributed by atoms with E-state index < -0.39 is 10.0 Å². The molecule has 1 aromatic heterocycles. The largest absolute Gasteiger partial charge is 0.398 e. The topological polar surface area (TPSA) is 114 Å². The summed E-state index contributed by atoms with van der Waals surface area (Å²) < 4.78 is 26.9. The lowest BCUT2D eigenvalue weighted by molar-refractivity contribution is 0.581. The number of nitrogens with zero attached hydrogens (tertiary/aromatic N) is 2. The summed E-state index contributed by atoms with van der Waals surface area (Å²) in [5.74, 6) is 0.626. The highest BCUT2D eigenvalue weighted by Crippen LogP contribution is 2.22. The van der Waals surface area contributed by atoms with Gasteiger partial charge >= 0.3 is 0 Å². The van der Waals surface area contributed by atoms with Crippen molar-refractivity contribution in [3.63, 3.8) is 0 Å². The predicted octanol–water partition coefficient (Wildman–Crippen LogP) is 0.525. The van der Waals surface area contributed by atoms with Gasteiger partial charge in [0.25, 0.3) is 0 Å². The number of sulfonamides is 1. The summed E-state index contributed by atoms with van der Waals surface area (Å²) in [5, 5.41) is 6.37. The van der Waals surface area contributed by atoms with Crippen molar-refractivity contribution in [3.05, 3.63) is 35.4 Å². The molecule has 0 bridgehead atoms. The molecule has 1 aromatic carbocycles. The third kappa shape index (κ3) is 3.14. The Morgan fingerprint density at radius 2 is 2.00 bits per heavy atom. The lowest BCUT2D eigenvalue weighted by Gasteiger charge is -2.11. The van der Waals surface area contributed by atoms with E-state index in [2.05, 4.69) is 19.9 Å². The van der Waals surface area contributed by atoms with Crippen LogP contribution in [-0.4, -0.2) is 30.1 Å². The highest BCUT2D eigenvalue weighted by molar-refractivity contribution is 7.89. The van der Waals surface area contributed by atoms with Gasteiger partial charge in [-0.3, -0.25) is 5.10 Å². The number of aromatic amines is 1. The van der Waals surface area contributed by atoms with Crippen LogP contribution < -0.4 is 10.5 Å². The molecule has 0 aliphatic carbocycles. The van der Waals surface area contributed by atoms with Crippen LogP contribution in [0.2, 0.25) is 0 Å². The van der Waals surface area contributed by atoms with Crippen molar-refractivity contribution in [2.75, 3.05) is 12.3 Å². The lowest BCUT2D eigenvalue weighted by atomic mass is 10.1. The molecule has 2 rings (SSSR count). The SMILES string of the molecule is Cc1cc(N)c(S(=O)(=O)NCCc2ncn[nH]2)cc1C. The van der Waals surface area contributed by atoms with Crippen molar-refractivity contribution in [1.82, 2.24) is 19.9 Å². The van der Waals surface area contributed by atoms with E-state index in [1.165, 1.54) is 6.33 Å². The molecule has 1 heterocycles. The average Bonchev–Trinajstić information content (AvgIpc) is 2.86.